The molecule has 1 amide bonds. The van der Waals surface area contributed by atoms with Crippen molar-refractivity contribution in [3.63, 3.8) is 0 Å². The molecule has 0 spiro atoms. The minimum Gasteiger partial charge on any atom is -0.481 e. The molecule has 4 heteroatoms. The first-order chi connectivity index (χ1) is 7.28. The van der Waals surface area contributed by atoms with Crippen LogP contribution in [0.1, 0.15) is 46.5 Å². The quantitative estimate of drug-likeness (QED) is 0.769. The summed E-state index contributed by atoms with van der Waals surface area (Å²) in [6.45, 7) is 5.39. The minimum atomic E-state index is -0.898. The van der Waals surface area contributed by atoms with Crippen molar-refractivity contribution in [2.75, 3.05) is 6.54 Å². The molecule has 0 unspecified atom stereocenters. The predicted octanol–water partition coefficient (Wildman–Crippen LogP) is 1.79. The van der Waals surface area contributed by atoms with Gasteiger partial charge in [0, 0.05) is 12.0 Å². The smallest absolute Gasteiger partial charge is 0.310 e. The van der Waals surface area contributed by atoms with E-state index in [4.69, 9.17) is 5.11 Å². The molecule has 4 nitrogen and oxygen atoms in total. The molecule has 2 N–H and O–H groups in total. The Morgan fingerprint density at radius 3 is 2.25 bits per heavy atom. The van der Waals surface area contributed by atoms with Crippen molar-refractivity contribution in [2.24, 2.45) is 10.8 Å². The Labute approximate surface area is 96.4 Å². The van der Waals surface area contributed by atoms with Crippen molar-refractivity contribution < 1.29 is 14.7 Å². The molecule has 0 aliphatic heterocycles. The number of carboxylic acid groups (broad SMARTS) is 1. The standard InChI is InChI=1S/C12H21NO3/c1-11(2,10(15)16)8-13-9(14)12(3)6-4-5-7-12/h4-8H2,1-3H3,(H,13,14)(H,15,16). The van der Waals surface area contributed by atoms with Crippen LogP contribution < -0.4 is 5.32 Å². The largest absolute Gasteiger partial charge is 0.481 e. The number of hydrogen-bond acceptors (Lipinski definition) is 2. The summed E-state index contributed by atoms with van der Waals surface area (Å²) >= 11 is 0. The van der Waals surface area contributed by atoms with E-state index in [1.807, 2.05) is 6.92 Å². The van der Waals surface area contributed by atoms with Gasteiger partial charge in [0.05, 0.1) is 5.41 Å². The van der Waals surface area contributed by atoms with Crippen LogP contribution >= 0.6 is 0 Å². The maximum Gasteiger partial charge on any atom is 0.310 e. The van der Waals surface area contributed by atoms with E-state index in [2.05, 4.69) is 5.32 Å². The van der Waals surface area contributed by atoms with Crippen molar-refractivity contribution in [2.45, 2.75) is 46.5 Å². The lowest BCUT2D eigenvalue weighted by Crippen LogP contribution is -2.44. The monoisotopic (exact) mass is 227 g/mol. The second kappa shape index (κ2) is 4.44. The molecular weight excluding hydrogens is 206 g/mol. The van der Waals surface area contributed by atoms with Crippen molar-refractivity contribution in [1.82, 2.24) is 5.32 Å². The fourth-order valence-corrected chi connectivity index (χ4v) is 1.97. The average Bonchev–Trinajstić information content (AvgIpc) is 2.62. The lowest BCUT2D eigenvalue weighted by Gasteiger charge is -2.26. The van der Waals surface area contributed by atoms with Gasteiger partial charge in [0.1, 0.15) is 0 Å². The third-order valence-electron chi connectivity index (χ3n) is 3.53. The Kier molecular flexibility index (Phi) is 3.61. The van der Waals surface area contributed by atoms with E-state index in [0.29, 0.717) is 0 Å². The second-order valence-corrected chi connectivity index (χ2v) is 5.64. The van der Waals surface area contributed by atoms with Gasteiger partial charge in [0.2, 0.25) is 5.91 Å². The van der Waals surface area contributed by atoms with Gasteiger partial charge < -0.3 is 10.4 Å². The number of hydrogen-bond donors (Lipinski definition) is 2. The molecular formula is C12H21NO3. The lowest BCUT2D eigenvalue weighted by atomic mass is 9.86. The van der Waals surface area contributed by atoms with Crippen molar-refractivity contribution >= 4 is 11.9 Å². The van der Waals surface area contributed by atoms with Gasteiger partial charge in [-0.1, -0.05) is 19.8 Å². The van der Waals surface area contributed by atoms with E-state index in [9.17, 15) is 9.59 Å². The highest BCUT2D eigenvalue weighted by Crippen LogP contribution is 2.37. The van der Waals surface area contributed by atoms with Crippen LogP contribution in [0.4, 0.5) is 0 Å². The van der Waals surface area contributed by atoms with Crippen LogP contribution in [0.3, 0.4) is 0 Å². The number of amides is 1. The van der Waals surface area contributed by atoms with Gasteiger partial charge in [-0.25, -0.2) is 0 Å². The maximum absolute atomic E-state index is 11.9. The van der Waals surface area contributed by atoms with Gasteiger partial charge in [-0.15, -0.1) is 0 Å². The Morgan fingerprint density at radius 2 is 1.81 bits per heavy atom. The molecule has 1 saturated carbocycles. The molecule has 0 aromatic carbocycles. The maximum atomic E-state index is 11.9. The van der Waals surface area contributed by atoms with E-state index in [1.54, 1.807) is 13.8 Å². The van der Waals surface area contributed by atoms with E-state index < -0.39 is 11.4 Å². The zero-order valence-corrected chi connectivity index (χ0v) is 10.3. The van der Waals surface area contributed by atoms with Gasteiger partial charge in [-0.2, -0.15) is 0 Å². The van der Waals surface area contributed by atoms with Crippen LogP contribution in [-0.2, 0) is 9.59 Å². The first-order valence-electron chi connectivity index (χ1n) is 5.80. The van der Waals surface area contributed by atoms with Crippen LogP contribution in [0.25, 0.3) is 0 Å². The third kappa shape index (κ3) is 2.74. The zero-order valence-electron chi connectivity index (χ0n) is 10.3. The molecule has 1 aliphatic carbocycles. The molecule has 0 radical (unpaired) electrons. The lowest BCUT2D eigenvalue weighted by molar-refractivity contribution is -0.147. The molecule has 0 heterocycles. The Bertz CT molecular complexity index is 291. The summed E-state index contributed by atoms with van der Waals surface area (Å²) < 4.78 is 0. The summed E-state index contributed by atoms with van der Waals surface area (Å²) in [4.78, 5) is 22.8. The fraction of sp³-hybridized carbons (Fsp3) is 0.833. The molecule has 0 saturated heterocycles. The highest BCUT2D eigenvalue weighted by Gasteiger charge is 2.37. The fourth-order valence-electron chi connectivity index (χ4n) is 1.97. The van der Waals surface area contributed by atoms with Crippen LogP contribution in [-0.4, -0.2) is 23.5 Å². The van der Waals surface area contributed by atoms with E-state index in [1.165, 1.54) is 0 Å². The summed E-state index contributed by atoms with van der Waals surface area (Å²) in [7, 11) is 0. The Balaban J connectivity index is 2.50. The normalized spacial score (nSPS) is 19.4. The van der Waals surface area contributed by atoms with Crippen LogP contribution in [0.15, 0.2) is 0 Å². The number of aliphatic carboxylic acids is 1. The van der Waals surface area contributed by atoms with Crippen molar-refractivity contribution in [3.8, 4) is 0 Å². The van der Waals surface area contributed by atoms with Crippen molar-refractivity contribution in [3.05, 3.63) is 0 Å². The van der Waals surface area contributed by atoms with E-state index >= 15 is 0 Å². The first kappa shape index (κ1) is 13.0. The molecule has 92 valence electrons. The highest BCUT2D eigenvalue weighted by molar-refractivity contribution is 5.83. The van der Waals surface area contributed by atoms with Gasteiger partial charge >= 0.3 is 5.97 Å². The van der Waals surface area contributed by atoms with Crippen LogP contribution in [0, 0.1) is 10.8 Å². The van der Waals surface area contributed by atoms with E-state index in [0.717, 1.165) is 25.7 Å². The topological polar surface area (TPSA) is 66.4 Å². The van der Waals surface area contributed by atoms with Crippen molar-refractivity contribution in [1.29, 1.82) is 0 Å². The minimum absolute atomic E-state index is 0.000625. The molecule has 0 aromatic rings. The van der Waals surface area contributed by atoms with E-state index in [-0.39, 0.29) is 17.9 Å². The van der Waals surface area contributed by atoms with Gasteiger partial charge in [0.25, 0.3) is 0 Å². The Morgan fingerprint density at radius 1 is 1.31 bits per heavy atom. The number of nitrogens with one attached hydrogen (secondary N) is 1. The van der Waals surface area contributed by atoms with Crippen LogP contribution in [0.5, 0.6) is 0 Å². The molecule has 16 heavy (non-hydrogen) atoms. The molecule has 0 aromatic heterocycles. The third-order valence-corrected chi connectivity index (χ3v) is 3.53. The summed E-state index contributed by atoms with van der Waals surface area (Å²) in [5.74, 6) is -0.885. The number of carbonyl (C=O) groups excluding carboxylic acids is 1. The summed E-state index contributed by atoms with van der Waals surface area (Å²) in [5.41, 5.74) is -1.18. The van der Waals surface area contributed by atoms with Gasteiger partial charge in [0.15, 0.2) is 0 Å². The predicted molar refractivity (Wildman–Crippen MR) is 61.0 cm³/mol. The molecule has 0 bridgehead atoms. The molecule has 1 fully saturated rings. The molecule has 1 rings (SSSR count). The number of rotatable bonds is 4. The number of carbonyl (C=O) groups is 2. The first-order valence-corrected chi connectivity index (χ1v) is 5.80. The van der Waals surface area contributed by atoms with Crippen LogP contribution in [0.2, 0.25) is 0 Å². The molecule has 1 aliphatic rings. The SMILES string of the molecule is CC(C)(CNC(=O)C1(C)CCCC1)C(=O)O. The average molecular weight is 227 g/mol. The van der Waals surface area contributed by atoms with Gasteiger partial charge in [-0.05, 0) is 26.7 Å². The summed E-state index contributed by atoms with van der Waals surface area (Å²) in [6.07, 6.45) is 4.00. The summed E-state index contributed by atoms with van der Waals surface area (Å²) in [6, 6.07) is 0. The van der Waals surface area contributed by atoms with Gasteiger partial charge in [-0.3, -0.25) is 9.59 Å². The highest BCUT2D eigenvalue weighted by atomic mass is 16.4. The summed E-state index contributed by atoms with van der Waals surface area (Å²) in [5, 5.41) is 11.7. The molecule has 0 atom stereocenters. The number of carboxylic acids is 1. The second-order valence-electron chi connectivity index (χ2n) is 5.64. The zero-order chi connectivity index (χ0) is 12.4. The Hall–Kier alpha value is -1.06.